The van der Waals surface area contributed by atoms with E-state index < -0.39 is 15.6 Å². The molecule has 2 amide bonds. The molecule has 3 N–H and O–H groups in total. The lowest BCUT2D eigenvalue weighted by atomic mass is 9.47. The first-order valence-electron chi connectivity index (χ1n) is 10.8. The van der Waals surface area contributed by atoms with E-state index in [1.807, 2.05) is 0 Å². The largest absolute Gasteiger partial charge is 0.369 e. The van der Waals surface area contributed by atoms with Crippen LogP contribution in [-0.2, 0) is 19.8 Å². The average molecular weight is 538 g/mol. The summed E-state index contributed by atoms with van der Waals surface area (Å²) in [4.78, 5) is 25.0. The second kappa shape index (κ2) is 8.75. The topological polar surface area (TPSA) is 113 Å². The number of halogens is 3. The molecule has 4 saturated carbocycles. The molecule has 4 fully saturated rings. The van der Waals surface area contributed by atoms with Crippen LogP contribution in [0.4, 0.5) is 5.69 Å². The Morgan fingerprint density at radius 1 is 1.06 bits per heavy atom. The van der Waals surface area contributed by atoms with Crippen LogP contribution in [0.5, 0.6) is 0 Å². The molecule has 2 unspecified atom stereocenters. The van der Waals surface area contributed by atoms with Crippen molar-refractivity contribution in [1.82, 2.24) is 9.62 Å². The number of hydrogen-bond donors (Lipinski definition) is 2. The Morgan fingerprint density at radius 2 is 1.64 bits per heavy atom. The molecule has 1 aromatic carbocycles. The van der Waals surface area contributed by atoms with E-state index in [9.17, 15) is 18.0 Å². The predicted octanol–water partition coefficient (Wildman–Crippen LogP) is 3.06. The Bertz CT molecular complexity index is 1080. The van der Waals surface area contributed by atoms with E-state index in [0.29, 0.717) is 18.8 Å². The van der Waals surface area contributed by atoms with Crippen molar-refractivity contribution in [2.24, 2.45) is 28.9 Å². The highest BCUT2D eigenvalue weighted by atomic mass is 35.5. The summed E-state index contributed by atoms with van der Waals surface area (Å²) >= 11 is 18.1. The Morgan fingerprint density at radius 3 is 2.21 bits per heavy atom. The standard InChI is InChI=1S/C21H27Cl3N4O4S/c1-27(33(31,32)28(2)17-6-15(23)14(22)5-16(17)24)10-18(29)26-19-12-3-11-4-13(19)9-21(7-11,8-12)20(25)30/h5-6,11-13,19H,3-4,7-10H2,1-2H3,(H2,25,30)(H,26,29). The highest BCUT2D eigenvalue weighted by Crippen LogP contribution is 2.59. The SMILES string of the molecule is CN(CC(=O)NC1C2CC3CC1CC(C(N)=O)(C3)C2)S(=O)(=O)N(C)c1cc(Cl)c(Cl)cc1Cl. The Labute approximate surface area is 208 Å². The van der Waals surface area contributed by atoms with Crippen LogP contribution in [0.3, 0.4) is 0 Å². The molecule has 5 rings (SSSR count). The van der Waals surface area contributed by atoms with Gasteiger partial charge in [0.1, 0.15) is 0 Å². The molecule has 4 aliphatic rings. The minimum Gasteiger partial charge on any atom is -0.369 e. The number of rotatable bonds is 7. The van der Waals surface area contributed by atoms with E-state index in [1.165, 1.54) is 26.2 Å². The predicted molar refractivity (Wildman–Crippen MR) is 129 cm³/mol. The molecule has 0 saturated heterocycles. The first-order valence-corrected chi connectivity index (χ1v) is 13.3. The summed E-state index contributed by atoms with van der Waals surface area (Å²) < 4.78 is 28.0. The fourth-order valence-electron chi connectivity index (χ4n) is 6.16. The molecule has 2 atom stereocenters. The third-order valence-electron chi connectivity index (χ3n) is 7.56. The van der Waals surface area contributed by atoms with Crippen molar-refractivity contribution in [3.05, 3.63) is 27.2 Å². The molecule has 182 valence electrons. The maximum absolute atomic E-state index is 13.1. The van der Waals surface area contributed by atoms with Crippen LogP contribution in [-0.4, -0.2) is 51.2 Å². The van der Waals surface area contributed by atoms with Gasteiger partial charge in [-0.05, 0) is 62.0 Å². The normalized spacial score (nSPS) is 30.5. The van der Waals surface area contributed by atoms with Gasteiger partial charge in [0, 0.05) is 25.6 Å². The molecule has 0 spiro atoms. The number of nitrogens with two attached hydrogens (primary N) is 1. The van der Waals surface area contributed by atoms with Gasteiger partial charge in [-0.15, -0.1) is 0 Å². The highest BCUT2D eigenvalue weighted by molar-refractivity contribution is 7.90. The zero-order chi connectivity index (χ0) is 24.3. The number of carbonyl (C=O) groups is 2. The van der Waals surface area contributed by atoms with Gasteiger partial charge in [0.05, 0.1) is 27.3 Å². The summed E-state index contributed by atoms with van der Waals surface area (Å²) in [6.45, 7) is -0.355. The van der Waals surface area contributed by atoms with Crippen LogP contribution in [0.15, 0.2) is 12.1 Å². The molecule has 0 heterocycles. The van der Waals surface area contributed by atoms with Gasteiger partial charge in [-0.3, -0.25) is 13.9 Å². The lowest BCUT2D eigenvalue weighted by Crippen LogP contribution is -2.62. The monoisotopic (exact) mass is 536 g/mol. The van der Waals surface area contributed by atoms with Crippen molar-refractivity contribution in [1.29, 1.82) is 0 Å². The van der Waals surface area contributed by atoms with Gasteiger partial charge in [0.2, 0.25) is 11.8 Å². The highest BCUT2D eigenvalue weighted by Gasteiger charge is 2.58. The first-order chi connectivity index (χ1) is 15.3. The van der Waals surface area contributed by atoms with Crippen molar-refractivity contribution in [3.8, 4) is 0 Å². The Balaban J connectivity index is 1.43. The molecular formula is C21H27Cl3N4O4S. The zero-order valence-corrected chi connectivity index (χ0v) is 21.4. The van der Waals surface area contributed by atoms with Gasteiger partial charge in [0.25, 0.3) is 0 Å². The third kappa shape index (κ3) is 4.43. The van der Waals surface area contributed by atoms with E-state index in [4.69, 9.17) is 40.5 Å². The summed E-state index contributed by atoms with van der Waals surface area (Å²) in [5.41, 5.74) is 5.43. The first kappa shape index (κ1) is 24.9. The van der Waals surface area contributed by atoms with Crippen molar-refractivity contribution in [3.63, 3.8) is 0 Å². The summed E-state index contributed by atoms with van der Waals surface area (Å²) in [5.74, 6) is 0.220. The van der Waals surface area contributed by atoms with E-state index in [1.54, 1.807) is 0 Å². The van der Waals surface area contributed by atoms with Crippen LogP contribution < -0.4 is 15.4 Å². The summed E-state index contributed by atoms with van der Waals surface area (Å²) in [6, 6.07) is 2.66. The van der Waals surface area contributed by atoms with Gasteiger partial charge < -0.3 is 11.1 Å². The lowest BCUT2D eigenvalue weighted by molar-refractivity contribution is -0.147. The van der Waals surface area contributed by atoms with Crippen LogP contribution in [0, 0.1) is 23.2 Å². The molecule has 33 heavy (non-hydrogen) atoms. The van der Waals surface area contributed by atoms with Crippen LogP contribution in [0.25, 0.3) is 0 Å². The molecule has 12 heteroatoms. The Kier molecular flexibility index (Phi) is 6.59. The number of likely N-dealkylation sites (N-methyl/N-ethyl adjacent to an activating group) is 1. The van der Waals surface area contributed by atoms with Crippen LogP contribution >= 0.6 is 34.8 Å². The van der Waals surface area contributed by atoms with Crippen molar-refractivity contribution in [2.75, 3.05) is 24.9 Å². The molecular weight excluding hydrogens is 511 g/mol. The number of nitrogens with zero attached hydrogens (tertiary/aromatic N) is 2. The molecule has 8 nitrogen and oxygen atoms in total. The number of primary amides is 1. The smallest absolute Gasteiger partial charge is 0.304 e. The van der Waals surface area contributed by atoms with Gasteiger partial charge >= 0.3 is 10.2 Å². The number of carbonyl (C=O) groups excluding carboxylic acids is 2. The van der Waals surface area contributed by atoms with E-state index in [0.717, 1.165) is 27.9 Å². The lowest BCUT2D eigenvalue weighted by Gasteiger charge is -2.58. The fraction of sp³-hybridized carbons (Fsp3) is 0.619. The van der Waals surface area contributed by atoms with Gasteiger partial charge in [-0.1, -0.05) is 34.8 Å². The van der Waals surface area contributed by atoms with Crippen LogP contribution in [0.1, 0.15) is 32.1 Å². The van der Waals surface area contributed by atoms with Crippen LogP contribution in [0.2, 0.25) is 15.1 Å². The van der Waals surface area contributed by atoms with Gasteiger partial charge in [0.15, 0.2) is 0 Å². The van der Waals surface area contributed by atoms with Crippen molar-refractivity contribution >= 4 is 62.5 Å². The molecule has 4 aliphatic carbocycles. The summed E-state index contributed by atoms with van der Waals surface area (Å²) in [5, 5.41) is 3.53. The number of anilines is 1. The van der Waals surface area contributed by atoms with Gasteiger partial charge in [-0.25, -0.2) is 0 Å². The second-order valence-electron chi connectivity index (χ2n) is 9.66. The molecule has 0 aromatic heterocycles. The van der Waals surface area contributed by atoms with E-state index in [-0.39, 0.29) is 57.0 Å². The molecule has 1 aromatic rings. The number of amides is 2. The minimum atomic E-state index is -4.06. The van der Waals surface area contributed by atoms with E-state index in [2.05, 4.69) is 5.32 Å². The zero-order valence-electron chi connectivity index (χ0n) is 18.4. The van der Waals surface area contributed by atoms with Crippen molar-refractivity contribution in [2.45, 2.75) is 38.1 Å². The Hall–Kier alpha value is -1.26. The quantitative estimate of drug-likeness (QED) is 0.521. The van der Waals surface area contributed by atoms with Gasteiger partial charge in [-0.2, -0.15) is 12.7 Å². The summed E-state index contributed by atoms with van der Waals surface area (Å²) in [6.07, 6.45) is 4.15. The number of nitrogens with one attached hydrogen (secondary N) is 1. The molecule has 0 aliphatic heterocycles. The third-order valence-corrected chi connectivity index (χ3v) is 10.4. The summed E-state index contributed by atoms with van der Waals surface area (Å²) in [7, 11) is -1.40. The maximum atomic E-state index is 13.1. The number of hydrogen-bond acceptors (Lipinski definition) is 4. The minimum absolute atomic E-state index is 0.0696. The maximum Gasteiger partial charge on any atom is 0.304 e. The van der Waals surface area contributed by atoms with E-state index >= 15 is 0 Å². The average Bonchev–Trinajstić information content (AvgIpc) is 2.72. The number of benzene rings is 1. The molecule has 4 bridgehead atoms. The second-order valence-corrected chi connectivity index (χ2v) is 12.9. The molecule has 0 radical (unpaired) electrons. The van der Waals surface area contributed by atoms with Crippen molar-refractivity contribution < 1.29 is 18.0 Å². The fourth-order valence-corrected chi connectivity index (χ4v) is 7.98.